The first-order chi connectivity index (χ1) is 18.6. The Morgan fingerprint density at radius 2 is 1.89 bits per heavy atom. The van der Waals surface area contributed by atoms with Crippen LogP contribution in [0.4, 0.5) is 0 Å². The van der Waals surface area contributed by atoms with Gasteiger partial charge in [-0.25, -0.2) is 4.98 Å². The van der Waals surface area contributed by atoms with Gasteiger partial charge in [0.05, 0.1) is 43.4 Å². The zero-order valence-corrected chi connectivity index (χ0v) is 21.9. The average molecular weight is 527 g/mol. The van der Waals surface area contributed by atoms with Gasteiger partial charge in [-0.1, -0.05) is 35.9 Å². The van der Waals surface area contributed by atoms with Gasteiger partial charge in [-0.15, -0.1) is 0 Å². The van der Waals surface area contributed by atoms with Crippen LogP contribution in [0.3, 0.4) is 0 Å². The fraction of sp³-hybridized carbons (Fsp3) is 0.241. The number of piperidine rings is 1. The number of H-pyrrole nitrogens is 1. The molecule has 1 fully saturated rings. The molecule has 8 nitrogen and oxygen atoms in total. The third kappa shape index (κ3) is 4.55. The molecule has 1 N–H and O–H groups in total. The molecule has 4 heterocycles. The number of Topliss-reactive ketones (excluding diaryl/α,β-unsaturated/α-hetero) is 1. The second-order valence-corrected chi connectivity index (χ2v) is 9.69. The molecule has 1 unspecified atom stereocenters. The highest BCUT2D eigenvalue weighted by molar-refractivity contribution is 7.08. The number of amides is 1. The molecule has 0 spiro atoms. The summed E-state index contributed by atoms with van der Waals surface area (Å²) in [6.45, 7) is 0.787. The Kier molecular flexibility index (Phi) is 7.24. The Hall–Kier alpha value is -4.42. The number of ether oxygens (including phenoxy) is 2. The fourth-order valence-corrected chi connectivity index (χ4v) is 5.69. The van der Waals surface area contributed by atoms with Crippen molar-refractivity contribution in [3.05, 3.63) is 81.8 Å². The van der Waals surface area contributed by atoms with Crippen LogP contribution in [0.5, 0.6) is 11.6 Å². The number of carbonyl (C=O) groups is 2. The first-order valence-corrected chi connectivity index (χ1v) is 13.1. The van der Waals surface area contributed by atoms with Gasteiger partial charge >= 0.3 is 0 Å². The van der Waals surface area contributed by atoms with Crippen molar-refractivity contribution in [3.8, 4) is 17.7 Å². The third-order valence-corrected chi connectivity index (χ3v) is 7.59. The van der Waals surface area contributed by atoms with Crippen LogP contribution in [-0.4, -0.2) is 53.9 Å². The lowest BCUT2D eigenvalue weighted by atomic mass is 9.82. The summed E-state index contributed by atoms with van der Waals surface area (Å²) in [5.74, 6) is -0.906. The van der Waals surface area contributed by atoms with Crippen molar-refractivity contribution in [2.45, 2.75) is 18.8 Å². The number of rotatable bonds is 7. The van der Waals surface area contributed by atoms with Gasteiger partial charge in [0, 0.05) is 19.3 Å². The molecule has 9 heteroatoms. The van der Waals surface area contributed by atoms with Crippen molar-refractivity contribution in [2.24, 2.45) is 0 Å². The number of likely N-dealkylation sites (tertiary alicyclic amines) is 1. The van der Waals surface area contributed by atoms with E-state index in [2.05, 4.69) is 21.4 Å². The number of hydrogen-bond acceptors (Lipinski definition) is 7. The van der Waals surface area contributed by atoms with Crippen LogP contribution in [-0.2, 0) is 4.79 Å². The van der Waals surface area contributed by atoms with Crippen molar-refractivity contribution in [2.75, 3.05) is 27.3 Å². The highest BCUT2D eigenvalue weighted by Crippen LogP contribution is 2.39. The molecular formula is C29H26N4O4S. The van der Waals surface area contributed by atoms with Crippen LogP contribution in [0.1, 0.15) is 40.2 Å². The van der Waals surface area contributed by atoms with Crippen LogP contribution in [0.15, 0.2) is 65.1 Å². The number of carbonyl (C=O) groups excluding carboxylic acids is 2. The summed E-state index contributed by atoms with van der Waals surface area (Å²) in [7, 11) is 2.97. The first kappa shape index (κ1) is 25.2. The van der Waals surface area contributed by atoms with Gasteiger partial charge < -0.3 is 19.4 Å². The van der Waals surface area contributed by atoms with E-state index in [9.17, 15) is 14.9 Å². The van der Waals surface area contributed by atoms with Crippen LogP contribution in [0, 0.1) is 11.3 Å². The molecule has 3 aromatic heterocycles. The number of pyridine rings is 1. The van der Waals surface area contributed by atoms with E-state index in [1.165, 1.54) is 26.6 Å². The molecule has 0 radical (unpaired) electrons. The maximum Gasteiger partial charge on any atom is 0.295 e. The lowest BCUT2D eigenvalue weighted by Gasteiger charge is -2.30. The summed E-state index contributed by atoms with van der Waals surface area (Å²) in [5.41, 5.74) is 4.83. The number of fused-ring (bicyclic) bond motifs is 1. The number of allylic oxidation sites excluding steroid dienone is 1. The van der Waals surface area contributed by atoms with Crippen molar-refractivity contribution >= 4 is 39.5 Å². The van der Waals surface area contributed by atoms with Gasteiger partial charge in [0.2, 0.25) is 5.88 Å². The summed E-state index contributed by atoms with van der Waals surface area (Å²) in [6.07, 6.45) is 4.14. The minimum absolute atomic E-state index is 0.219. The maximum absolute atomic E-state index is 13.3. The Balaban J connectivity index is 1.41. The van der Waals surface area contributed by atoms with Gasteiger partial charge in [0.1, 0.15) is 11.3 Å². The van der Waals surface area contributed by atoms with E-state index in [1.54, 1.807) is 16.2 Å². The molecule has 38 heavy (non-hydrogen) atoms. The van der Waals surface area contributed by atoms with E-state index >= 15 is 0 Å². The molecule has 0 bridgehead atoms. The topological polar surface area (TPSA) is 108 Å². The molecule has 1 aromatic carbocycles. The normalized spacial score (nSPS) is 14.1. The predicted octanol–water partition coefficient (Wildman–Crippen LogP) is 5.21. The van der Waals surface area contributed by atoms with Gasteiger partial charge in [-0.3, -0.25) is 9.59 Å². The summed E-state index contributed by atoms with van der Waals surface area (Å²) in [6, 6.07) is 14.3. The summed E-state index contributed by atoms with van der Waals surface area (Å²) in [4.78, 5) is 35.4. The number of nitrogens with one attached hydrogen (secondary N) is 1. The largest absolute Gasteiger partial charge is 0.494 e. The second kappa shape index (κ2) is 10.9. The molecule has 1 saturated heterocycles. The molecule has 1 atom stereocenters. The molecule has 5 rings (SSSR count). The number of hydrogen-bond donors (Lipinski definition) is 1. The maximum atomic E-state index is 13.3. The Morgan fingerprint density at radius 3 is 2.53 bits per heavy atom. The zero-order chi connectivity index (χ0) is 26.6. The monoisotopic (exact) mass is 526 g/mol. The Labute approximate surface area is 224 Å². The number of aromatic nitrogens is 2. The van der Waals surface area contributed by atoms with Gasteiger partial charge in [-0.05, 0) is 46.4 Å². The van der Waals surface area contributed by atoms with E-state index in [-0.39, 0.29) is 5.56 Å². The smallest absolute Gasteiger partial charge is 0.295 e. The number of methoxy groups -OCH3 is 2. The van der Waals surface area contributed by atoms with Gasteiger partial charge in [0.25, 0.3) is 11.7 Å². The minimum atomic E-state index is -0.618. The van der Waals surface area contributed by atoms with Crippen molar-refractivity contribution in [1.82, 2.24) is 14.9 Å². The number of aromatic amines is 1. The Bertz CT molecular complexity index is 1540. The number of nitriles is 1. The zero-order valence-electron chi connectivity index (χ0n) is 21.1. The minimum Gasteiger partial charge on any atom is -0.494 e. The van der Waals surface area contributed by atoms with E-state index in [1.807, 2.05) is 41.8 Å². The number of benzene rings is 1. The van der Waals surface area contributed by atoms with E-state index < -0.39 is 17.6 Å². The molecule has 1 amide bonds. The summed E-state index contributed by atoms with van der Waals surface area (Å²) in [5, 5.41) is 14.7. The molecule has 0 aliphatic carbocycles. The highest BCUT2D eigenvalue weighted by atomic mass is 32.1. The first-order valence-electron chi connectivity index (χ1n) is 12.2. The lowest BCUT2D eigenvalue weighted by Crippen LogP contribution is -2.40. The standard InChI is InChI=1S/C29H26N4O4S/c1-36-23-16-32-28(37-2)26-25(23)22(15-31-26)27(34)29(35)33-11-8-19(9-12-33)24(20-10-13-38-17-20)21(14-30)18-6-4-3-5-7-18/h3-7,10,13,15-17,21,31H,8-9,11-12H2,1-2H3. The predicted molar refractivity (Wildman–Crippen MR) is 145 cm³/mol. The molecule has 0 saturated carbocycles. The van der Waals surface area contributed by atoms with E-state index in [4.69, 9.17) is 9.47 Å². The van der Waals surface area contributed by atoms with Gasteiger partial charge in [-0.2, -0.15) is 16.6 Å². The quantitative estimate of drug-likeness (QED) is 0.262. The molecular weight excluding hydrogens is 500 g/mol. The Morgan fingerprint density at radius 1 is 1.13 bits per heavy atom. The highest BCUT2D eigenvalue weighted by Gasteiger charge is 2.31. The summed E-state index contributed by atoms with van der Waals surface area (Å²) < 4.78 is 10.7. The van der Waals surface area contributed by atoms with Crippen molar-refractivity contribution in [3.63, 3.8) is 0 Å². The average Bonchev–Trinajstić information content (AvgIpc) is 3.66. The molecule has 192 valence electrons. The van der Waals surface area contributed by atoms with Crippen molar-refractivity contribution in [1.29, 1.82) is 5.26 Å². The van der Waals surface area contributed by atoms with Crippen LogP contribution < -0.4 is 9.47 Å². The van der Waals surface area contributed by atoms with Crippen LogP contribution >= 0.6 is 11.3 Å². The fourth-order valence-electron chi connectivity index (χ4n) is 5.03. The van der Waals surface area contributed by atoms with Crippen LogP contribution in [0.2, 0.25) is 0 Å². The molecule has 4 aromatic rings. The summed E-state index contributed by atoms with van der Waals surface area (Å²) >= 11 is 1.59. The van der Waals surface area contributed by atoms with E-state index in [0.29, 0.717) is 48.5 Å². The SMILES string of the molecule is COc1ncc(OC)c2c(C(=O)C(=O)N3CCC(=C(c4ccsc4)C(C#N)c4ccccc4)CC3)c[nH]c12. The number of nitrogens with zero attached hydrogens (tertiary/aromatic N) is 3. The van der Waals surface area contributed by atoms with Crippen LogP contribution in [0.25, 0.3) is 16.5 Å². The molecule has 1 aliphatic rings. The number of thiophene rings is 1. The van der Waals surface area contributed by atoms with Crippen molar-refractivity contribution < 1.29 is 19.1 Å². The second-order valence-electron chi connectivity index (χ2n) is 8.91. The third-order valence-electron chi connectivity index (χ3n) is 6.91. The number of ketones is 1. The van der Waals surface area contributed by atoms with Gasteiger partial charge in [0.15, 0.2) is 0 Å². The van der Waals surface area contributed by atoms with E-state index in [0.717, 1.165) is 22.3 Å². The molecule has 1 aliphatic heterocycles. The lowest BCUT2D eigenvalue weighted by molar-refractivity contribution is -0.126.